The highest BCUT2D eigenvalue weighted by Crippen LogP contribution is 2.41. The quantitative estimate of drug-likeness (QED) is 0.669. The van der Waals surface area contributed by atoms with E-state index in [1.165, 1.54) is 23.1 Å². The number of aromatic nitrogens is 1. The van der Waals surface area contributed by atoms with Crippen LogP contribution in [0.5, 0.6) is 5.75 Å². The summed E-state index contributed by atoms with van der Waals surface area (Å²) in [6.45, 7) is 0.673. The third kappa shape index (κ3) is 3.78. The molecule has 0 atom stereocenters. The van der Waals surface area contributed by atoms with Gasteiger partial charge in [0, 0.05) is 17.3 Å². The molecule has 0 unspecified atom stereocenters. The van der Waals surface area contributed by atoms with Gasteiger partial charge in [0.1, 0.15) is 10.8 Å². The van der Waals surface area contributed by atoms with Gasteiger partial charge in [0.25, 0.3) is 5.91 Å². The number of aromatic hydroxyl groups is 1. The van der Waals surface area contributed by atoms with E-state index in [0.717, 1.165) is 19.3 Å². The molecule has 1 saturated heterocycles. The number of carbonyl (C=O) groups excluding carboxylic acids is 1. The van der Waals surface area contributed by atoms with Crippen LogP contribution in [0.3, 0.4) is 0 Å². The van der Waals surface area contributed by atoms with Crippen molar-refractivity contribution < 1.29 is 15.0 Å². The van der Waals surface area contributed by atoms with Gasteiger partial charge in [0.2, 0.25) is 0 Å². The molecule has 27 heavy (non-hydrogen) atoms. The molecule has 1 aromatic carbocycles. The number of amides is 1. The number of nitrogens with zero attached hydrogens (tertiary/aromatic N) is 2. The average Bonchev–Trinajstić information content (AvgIpc) is 3.22. The molecule has 8 heteroatoms. The molecular formula is C19H19N3O3S2. The summed E-state index contributed by atoms with van der Waals surface area (Å²) in [7, 11) is 0. The van der Waals surface area contributed by atoms with E-state index in [1.807, 2.05) is 17.5 Å². The maximum absolute atomic E-state index is 12.2. The first-order valence-corrected chi connectivity index (χ1v) is 10.4. The van der Waals surface area contributed by atoms with Crippen molar-refractivity contribution in [3.05, 3.63) is 40.2 Å². The molecule has 1 aromatic heterocycles. The number of aliphatic hydroxyl groups excluding tert-OH is 1. The van der Waals surface area contributed by atoms with Gasteiger partial charge < -0.3 is 15.5 Å². The van der Waals surface area contributed by atoms with Crippen molar-refractivity contribution in [2.24, 2.45) is 10.4 Å². The van der Waals surface area contributed by atoms with Crippen LogP contribution in [0.4, 0.5) is 0 Å². The predicted octanol–water partition coefficient (Wildman–Crippen LogP) is 3.24. The fraction of sp³-hybridized carbons (Fsp3) is 0.316. The fourth-order valence-corrected chi connectivity index (χ4v) is 4.66. The van der Waals surface area contributed by atoms with Crippen molar-refractivity contribution in [1.82, 2.24) is 10.3 Å². The van der Waals surface area contributed by atoms with Crippen LogP contribution >= 0.6 is 23.1 Å². The number of carbonyl (C=O) groups is 1. The number of nitrogens with one attached hydrogen (secondary N) is 1. The number of aliphatic hydroxyl groups is 1. The highest BCUT2D eigenvalue weighted by molar-refractivity contribution is 8.18. The smallest absolute Gasteiger partial charge is 0.264 e. The summed E-state index contributed by atoms with van der Waals surface area (Å²) < 4.78 is 0. The van der Waals surface area contributed by atoms with Crippen LogP contribution in [0.25, 0.3) is 16.6 Å². The van der Waals surface area contributed by atoms with E-state index in [9.17, 15) is 15.0 Å². The summed E-state index contributed by atoms with van der Waals surface area (Å²) in [6, 6.07) is 7.04. The third-order valence-electron chi connectivity index (χ3n) is 4.89. The Hall–Kier alpha value is -2.16. The van der Waals surface area contributed by atoms with Gasteiger partial charge >= 0.3 is 0 Å². The van der Waals surface area contributed by atoms with Gasteiger partial charge in [-0.25, -0.2) is 4.98 Å². The van der Waals surface area contributed by atoms with E-state index in [1.54, 1.807) is 18.2 Å². The van der Waals surface area contributed by atoms with E-state index in [-0.39, 0.29) is 23.7 Å². The highest BCUT2D eigenvalue weighted by Gasteiger charge is 2.36. The van der Waals surface area contributed by atoms with Crippen molar-refractivity contribution in [1.29, 1.82) is 0 Å². The first-order chi connectivity index (χ1) is 13.1. The summed E-state index contributed by atoms with van der Waals surface area (Å²) in [6.07, 6.45) is 4.82. The standard InChI is InChI=1S/C19H19N3O3S2/c23-11-19(6-3-7-19)10-20-18-22-16(25)15(27-18)8-12-9-26-17(21-12)13-4-1-2-5-14(13)24/h1-2,4-5,8-9,23-24H,3,6-7,10-11H2,(H,20,22,25)/b15-8-. The van der Waals surface area contributed by atoms with Gasteiger partial charge in [0.05, 0.1) is 22.8 Å². The lowest BCUT2D eigenvalue weighted by molar-refractivity contribution is -0.115. The minimum atomic E-state index is -0.192. The Bertz CT molecular complexity index is 926. The number of thiazole rings is 1. The molecule has 1 saturated carbocycles. The van der Waals surface area contributed by atoms with E-state index < -0.39 is 0 Å². The molecule has 0 bridgehead atoms. The molecule has 1 amide bonds. The largest absolute Gasteiger partial charge is 0.507 e. The Morgan fingerprint density at radius 1 is 1.33 bits per heavy atom. The lowest BCUT2D eigenvalue weighted by Crippen LogP contribution is -2.37. The number of rotatable bonds is 5. The minimum absolute atomic E-state index is 0.105. The maximum atomic E-state index is 12.2. The van der Waals surface area contributed by atoms with Gasteiger partial charge in [-0.05, 0) is 42.8 Å². The number of benzene rings is 1. The third-order valence-corrected chi connectivity index (χ3v) is 6.74. The summed E-state index contributed by atoms with van der Waals surface area (Å²) in [5, 5.41) is 25.4. The molecule has 1 aliphatic carbocycles. The number of aliphatic imine (C=N–C) groups is 1. The van der Waals surface area contributed by atoms with Crippen molar-refractivity contribution in [2.75, 3.05) is 13.2 Å². The summed E-state index contributed by atoms with van der Waals surface area (Å²) in [5.74, 6) is -0.00946. The number of hydrogen-bond donors (Lipinski definition) is 3. The van der Waals surface area contributed by atoms with Crippen LogP contribution in [-0.4, -0.2) is 39.4 Å². The summed E-state index contributed by atoms with van der Waals surface area (Å²) >= 11 is 2.71. The molecule has 4 rings (SSSR count). The summed E-state index contributed by atoms with van der Waals surface area (Å²) in [5.41, 5.74) is 1.24. The normalized spacial score (nSPS) is 21.4. The Balaban J connectivity index is 1.48. The lowest BCUT2D eigenvalue weighted by atomic mass is 9.69. The molecule has 1 aliphatic heterocycles. The maximum Gasteiger partial charge on any atom is 0.264 e. The number of phenols is 1. The molecular weight excluding hydrogens is 382 g/mol. The Morgan fingerprint density at radius 3 is 2.85 bits per heavy atom. The van der Waals surface area contributed by atoms with Gasteiger partial charge in [-0.15, -0.1) is 11.3 Å². The number of phenolic OH excluding ortho intramolecular Hbond substituents is 1. The molecule has 6 nitrogen and oxygen atoms in total. The van der Waals surface area contributed by atoms with Gasteiger partial charge in [-0.2, -0.15) is 0 Å². The van der Waals surface area contributed by atoms with E-state index >= 15 is 0 Å². The number of thioether (sulfide) groups is 1. The second kappa shape index (κ2) is 7.46. The molecule has 0 spiro atoms. The lowest BCUT2D eigenvalue weighted by Gasteiger charge is -2.38. The zero-order chi connectivity index (χ0) is 18.9. The fourth-order valence-electron chi connectivity index (χ4n) is 3.05. The molecule has 2 aliphatic rings. The molecule has 2 heterocycles. The Kier molecular flexibility index (Phi) is 5.03. The van der Waals surface area contributed by atoms with E-state index in [2.05, 4.69) is 15.3 Å². The predicted molar refractivity (Wildman–Crippen MR) is 109 cm³/mol. The number of amidine groups is 1. The minimum Gasteiger partial charge on any atom is -0.507 e. The highest BCUT2D eigenvalue weighted by atomic mass is 32.2. The van der Waals surface area contributed by atoms with Crippen LogP contribution in [0.15, 0.2) is 39.5 Å². The van der Waals surface area contributed by atoms with Crippen molar-refractivity contribution in [2.45, 2.75) is 19.3 Å². The van der Waals surface area contributed by atoms with Crippen LogP contribution in [0, 0.1) is 5.41 Å². The monoisotopic (exact) mass is 401 g/mol. The van der Waals surface area contributed by atoms with Crippen LogP contribution in [-0.2, 0) is 4.79 Å². The van der Waals surface area contributed by atoms with E-state index in [4.69, 9.17) is 0 Å². The van der Waals surface area contributed by atoms with Crippen LogP contribution in [0.1, 0.15) is 25.0 Å². The molecule has 0 radical (unpaired) electrons. The van der Waals surface area contributed by atoms with Crippen molar-refractivity contribution >= 4 is 40.2 Å². The van der Waals surface area contributed by atoms with Gasteiger partial charge in [0.15, 0.2) is 5.17 Å². The Labute approximate surface area is 165 Å². The Morgan fingerprint density at radius 2 is 2.15 bits per heavy atom. The second-order valence-electron chi connectivity index (χ2n) is 6.79. The molecule has 2 aromatic rings. The van der Waals surface area contributed by atoms with Crippen molar-refractivity contribution in [3.8, 4) is 16.3 Å². The summed E-state index contributed by atoms with van der Waals surface area (Å²) in [4.78, 5) is 21.7. The molecule has 2 fully saturated rings. The zero-order valence-electron chi connectivity index (χ0n) is 14.5. The molecule has 140 valence electrons. The zero-order valence-corrected chi connectivity index (χ0v) is 16.1. The molecule has 3 N–H and O–H groups in total. The SMILES string of the molecule is O=C1NC(=NCC2(CO)CCC2)S/C1=C\c1csc(-c2ccccc2O)n1. The van der Waals surface area contributed by atoms with E-state index in [0.29, 0.717) is 32.9 Å². The van der Waals surface area contributed by atoms with Gasteiger partial charge in [-0.3, -0.25) is 9.79 Å². The number of hydrogen-bond acceptors (Lipinski definition) is 7. The van der Waals surface area contributed by atoms with Gasteiger partial charge in [-0.1, -0.05) is 18.6 Å². The first kappa shape index (κ1) is 18.2. The topological polar surface area (TPSA) is 94.8 Å². The number of para-hydroxylation sites is 1. The van der Waals surface area contributed by atoms with Crippen molar-refractivity contribution in [3.63, 3.8) is 0 Å². The van der Waals surface area contributed by atoms with Crippen LogP contribution < -0.4 is 5.32 Å². The average molecular weight is 402 g/mol. The van der Waals surface area contributed by atoms with Crippen LogP contribution in [0.2, 0.25) is 0 Å². The first-order valence-electron chi connectivity index (χ1n) is 8.69. The second-order valence-corrected chi connectivity index (χ2v) is 8.68.